The average Bonchev–Trinajstić information content (AvgIpc) is 2.93. The van der Waals surface area contributed by atoms with Crippen molar-refractivity contribution in [2.24, 2.45) is 0 Å². The lowest BCUT2D eigenvalue weighted by atomic mass is 10.0. The maximum absolute atomic E-state index is 5.44. The number of rotatable bonds is 5. The molecule has 0 spiro atoms. The molecule has 1 heterocycles. The van der Waals surface area contributed by atoms with E-state index < -0.39 is 0 Å². The van der Waals surface area contributed by atoms with Gasteiger partial charge in [0.05, 0.1) is 7.11 Å². The Morgan fingerprint density at radius 2 is 1.86 bits per heavy atom. The Bertz CT molecular complexity index is 753. The molecular formula is C17H16BrNOS. The number of hydrogen-bond donors (Lipinski definition) is 1. The van der Waals surface area contributed by atoms with Crippen LogP contribution in [0.3, 0.4) is 0 Å². The summed E-state index contributed by atoms with van der Waals surface area (Å²) in [6.07, 6.45) is 0. The van der Waals surface area contributed by atoms with Crippen LogP contribution in [0.5, 0.6) is 5.75 Å². The summed E-state index contributed by atoms with van der Waals surface area (Å²) in [5.74, 6) is 0.926. The van der Waals surface area contributed by atoms with E-state index in [-0.39, 0.29) is 0 Å². The molecule has 2 nitrogen and oxygen atoms in total. The third-order valence-electron chi connectivity index (χ3n) is 3.49. The molecule has 4 heteroatoms. The van der Waals surface area contributed by atoms with Gasteiger partial charge in [-0.2, -0.15) is 0 Å². The molecule has 21 heavy (non-hydrogen) atoms. The van der Waals surface area contributed by atoms with Crippen LogP contribution in [0.4, 0.5) is 0 Å². The van der Waals surface area contributed by atoms with Gasteiger partial charge in [0, 0.05) is 27.8 Å². The molecule has 0 aliphatic heterocycles. The Morgan fingerprint density at radius 1 is 1.05 bits per heavy atom. The minimum Gasteiger partial charge on any atom is -0.496 e. The van der Waals surface area contributed by atoms with Gasteiger partial charge in [0.2, 0.25) is 0 Å². The molecule has 0 unspecified atom stereocenters. The van der Waals surface area contributed by atoms with Crippen LogP contribution in [0, 0.1) is 0 Å². The van der Waals surface area contributed by atoms with Gasteiger partial charge in [0.1, 0.15) is 5.75 Å². The highest BCUT2D eigenvalue weighted by atomic mass is 79.9. The van der Waals surface area contributed by atoms with Crippen LogP contribution < -0.4 is 10.1 Å². The van der Waals surface area contributed by atoms with Crippen LogP contribution in [0.15, 0.2) is 52.3 Å². The third-order valence-corrected chi connectivity index (χ3v) is 5.41. The molecule has 0 amide bonds. The zero-order valence-electron chi connectivity index (χ0n) is 11.7. The number of fused-ring (bicyclic) bond motifs is 1. The molecule has 1 aromatic heterocycles. The zero-order valence-corrected chi connectivity index (χ0v) is 14.1. The number of hydrogen-bond acceptors (Lipinski definition) is 3. The molecule has 0 bridgehead atoms. The Morgan fingerprint density at radius 3 is 2.57 bits per heavy atom. The first-order chi connectivity index (χ1) is 10.3. The van der Waals surface area contributed by atoms with E-state index in [0.717, 1.165) is 24.2 Å². The second kappa shape index (κ2) is 6.60. The summed E-state index contributed by atoms with van der Waals surface area (Å²) in [5.41, 5.74) is 1.29. The summed E-state index contributed by atoms with van der Waals surface area (Å²) in [4.78, 5) is 1.33. The van der Waals surface area contributed by atoms with Crippen molar-refractivity contribution >= 4 is 38.0 Å². The maximum Gasteiger partial charge on any atom is 0.126 e. The highest BCUT2D eigenvalue weighted by molar-refractivity contribution is 9.10. The number of nitrogens with one attached hydrogen (secondary N) is 1. The fourth-order valence-electron chi connectivity index (χ4n) is 2.43. The van der Waals surface area contributed by atoms with Crippen LogP contribution >= 0.6 is 27.3 Å². The van der Waals surface area contributed by atoms with Crippen LogP contribution in [-0.4, -0.2) is 7.11 Å². The predicted octanol–water partition coefficient (Wildman–Crippen LogP) is 4.96. The van der Waals surface area contributed by atoms with Gasteiger partial charge in [0.15, 0.2) is 0 Å². The summed E-state index contributed by atoms with van der Waals surface area (Å²) < 4.78 is 6.62. The monoisotopic (exact) mass is 361 g/mol. The van der Waals surface area contributed by atoms with Gasteiger partial charge in [-0.3, -0.25) is 0 Å². The van der Waals surface area contributed by atoms with E-state index >= 15 is 0 Å². The second-order valence-corrected chi connectivity index (χ2v) is 6.62. The highest BCUT2D eigenvalue weighted by Gasteiger charge is 2.06. The minimum atomic E-state index is 0.842. The fourth-order valence-corrected chi connectivity index (χ4v) is 3.89. The quantitative estimate of drug-likeness (QED) is 0.693. The molecule has 0 saturated heterocycles. The Balaban J connectivity index is 1.80. The number of thiophene rings is 1. The van der Waals surface area contributed by atoms with Crippen molar-refractivity contribution in [1.29, 1.82) is 0 Å². The minimum absolute atomic E-state index is 0.842. The molecule has 0 radical (unpaired) electrons. The summed E-state index contributed by atoms with van der Waals surface area (Å²) in [5, 5.41) is 8.02. The van der Waals surface area contributed by atoms with E-state index in [9.17, 15) is 0 Å². The number of ether oxygens (including phenoxy) is 1. The Hall–Kier alpha value is -1.36. The third kappa shape index (κ3) is 3.12. The first-order valence-electron chi connectivity index (χ1n) is 6.77. The first-order valence-corrected chi connectivity index (χ1v) is 8.44. The molecule has 3 aromatic rings. The van der Waals surface area contributed by atoms with Crippen LogP contribution in [0.2, 0.25) is 0 Å². The zero-order chi connectivity index (χ0) is 14.7. The molecule has 0 aliphatic carbocycles. The number of methoxy groups -OCH3 is 1. The van der Waals surface area contributed by atoms with Crippen molar-refractivity contribution in [1.82, 2.24) is 5.32 Å². The van der Waals surface area contributed by atoms with Crippen LogP contribution in [0.25, 0.3) is 10.8 Å². The van der Waals surface area contributed by atoms with Gasteiger partial charge in [-0.25, -0.2) is 0 Å². The molecule has 3 rings (SSSR count). The molecule has 2 aromatic carbocycles. The summed E-state index contributed by atoms with van der Waals surface area (Å²) in [7, 11) is 1.72. The van der Waals surface area contributed by atoms with Gasteiger partial charge >= 0.3 is 0 Å². The van der Waals surface area contributed by atoms with Crippen molar-refractivity contribution in [3.63, 3.8) is 0 Å². The maximum atomic E-state index is 5.44. The lowest BCUT2D eigenvalue weighted by molar-refractivity contribution is 0.419. The Labute approximate surface area is 136 Å². The van der Waals surface area contributed by atoms with E-state index in [1.54, 1.807) is 18.4 Å². The van der Waals surface area contributed by atoms with E-state index in [1.165, 1.54) is 20.3 Å². The van der Waals surface area contributed by atoms with Gasteiger partial charge in [-0.1, -0.05) is 30.3 Å². The SMILES string of the molecule is COc1ccc(CNCc2sccc2Br)c2ccccc12. The molecule has 0 aliphatic rings. The number of benzene rings is 2. The van der Waals surface area contributed by atoms with Gasteiger partial charge in [-0.15, -0.1) is 11.3 Å². The second-order valence-electron chi connectivity index (χ2n) is 4.77. The summed E-state index contributed by atoms with van der Waals surface area (Å²) in [6, 6.07) is 14.6. The molecule has 0 atom stereocenters. The van der Waals surface area contributed by atoms with Gasteiger partial charge in [-0.05, 0) is 44.4 Å². The van der Waals surface area contributed by atoms with E-state index in [1.807, 2.05) is 12.1 Å². The largest absolute Gasteiger partial charge is 0.496 e. The lowest BCUT2D eigenvalue weighted by Gasteiger charge is -2.11. The molecule has 0 fully saturated rings. The van der Waals surface area contributed by atoms with E-state index in [0.29, 0.717) is 0 Å². The van der Waals surface area contributed by atoms with Gasteiger partial charge in [0.25, 0.3) is 0 Å². The normalized spacial score (nSPS) is 11.0. The smallest absolute Gasteiger partial charge is 0.126 e. The summed E-state index contributed by atoms with van der Waals surface area (Å²) in [6.45, 7) is 1.72. The van der Waals surface area contributed by atoms with Crippen molar-refractivity contribution in [3.05, 3.63) is 62.8 Å². The topological polar surface area (TPSA) is 21.3 Å². The molecule has 0 saturated carbocycles. The van der Waals surface area contributed by atoms with E-state index in [4.69, 9.17) is 4.74 Å². The molecule has 108 valence electrons. The van der Waals surface area contributed by atoms with Gasteiger partial charge < -0.3 is 10.1 Å². The number of halogens is 1. The van der Waals surface area contributed by atoms with Crippen molar-refractivity contribution in [2.75, 3.05) is 7.11 Å². The fraction of sp³-hybridized carbons (Fsp3) is 0.176. The average molecular weight is 362 g/mol. The summed E-state index contributed by atoms with van der Waals surface area (Å²) >= 11 is 5.33. The van der Waals surface area contributed by atoms with Crippen LogP contribution in [-0.2, 0) is 13.1 Å². The predicted molar refractivity (Wildman–Crippen MR) is 93.1 cm³/mol. The standard InChI is InChI=1S/C17H16BrNOS/c1-20-16-7-6-12(13-4-2-3-5-14(13)16)10-19-11-17-15(18)8-9-21-17/h2-9,19H,10-11H2,1H3. The first kappa shape index (κ1) is 14.6. The molecule has 1 N–H and O–H groups in total. The van der Waals surface area contributed by atoms with Crippen LogP contribution in [0.1, 0.15) is 10.4 Å². The highest BCUT2D eigenvalue weighted by Crippen LogP contribution is 2.28. The molecular weight excluding hydrogens is 346 g/mol. The van der Waals surface area contributed by atoms with Crippen molar-refractivity contribution in [3.8, 4) is 5.75 Å². The van der Waals surface area contributed by atoms with E-state index in [2.05, 4.69) is 57.0 Å². The lowest BCUT2D eigenvalue weighted by Crippen LogP contribution is -2.12. The van der Waals surface area contributed by atoms with Crippen molar-refractivity contribution < 1.29 is 4.74 Å². The Kier molecular flexibility index (Phi) is 4.58. The van der Waals surface area contributed by atoms with Crippen molar-refractivity contribution in [2.45, 2.75) is 13.1 Å².